The van der Waals surface area contributed by atoms with Crippen LogP contribution >= 0.6 is 0 Å². The van der Waals surface area contributed by atoms with Crippen molar-refractivity contribution in [2.45, 2.75) is 51.1 Å². The smallest absolute Gasteiger partial charge is 0.342 e. The molecule has 1 amide bonds. The number of benzene rings is 1. The van der Waals surface area contributed by atoms with Crippen LogP contribution in [0.15, 0.2) is 24.3 Å². The Bertz CT molecular complexity index is 816. The van der Waals surface area contributed by atoms with Gasteiger partial charge in [-0.2, -0.15) is 0 Å². The Kier molecular flexibility index (Phi) is 6.59. The minimum absolute atomic E-state index is 0.00361. The van der Waals surface area contributed by atoms with Crippen molar-refractivity contribution in [3.05, 3.63) is 29.8 Å². The molecule has 0 bridgehead atoms. The second kappa shape index (κ2) is 8.94. The fourth-order valence-corrected chi connectivity index (χ4v) is 5.79. The molecule has 0 spiro atoms. The first-order valence-corrected chi connectivity index (χ1v) is 11.6. The van der Waals surface area contributed by atoms with Gasteiger partial charge < -0.3 is 14.4 Å². The molecule has 8 heteroatoms. The quantitative estimate of drug-likeness (QED) is 0.642. The van der Waals surface area contributed by atoms with Crippen molar-refractivity contribution >= 4 is 21.7 Å². The van der Waals surface area contributed by atoms with Gasteiger partial charge in [0, 0.05) is 12.1 Å². The van der Waals surface area contributed by atoms with Gasteiger partial charge in [0.1, 0.15) is 11.3 Å². The second-order valence-electron chi connectivity index (χ2n) is 7.30. The predicted octanol–water partition coefficient (Wildman–Crippen LogP) is 2.20. The van der Waals surface area contributed by atoms with E-state index in [1.165, 1.54) is 0 Å². The maximum absolute atomic E-state index is 12.9. The molecular weight excluding hydrogens is 382 g/mol. The summed E-state index contributed by atoms with van der Waals surface area (Å²) in [6, 6.07) is 6.44. The average Bonchev–Trinajstić information content (AvgIpc) is 3.31. The highest BCUT2D eigenvalue weighted by atomic mass is 32.2. The molecule has 1 aliphatic heterocycles. The van der Waals surface area contributed by atoms with Crippen LogP contribution in [0.5, 0.6) is 5.75 Å². The fourth-order valence-electron chi connectivity index (χ4n) is 4.08. The van der Waals surface area contributed by atoms with Crippen molar-refractivity contribution in [2.75, 3.05) is 24.7 Å². The minimum atomic E-state index is -3.11. The average molecular weight is 410 g/mol. The zero-order valence-corrected chi connectivity index (χ0v) is 16.9. The summed E-state index contributed by atoms with van der Waals surface area (Å²) in [4.78, 5) is 27.0. The van der Waals surface area contributed by atoms with E-state index in [0.717, 1.165) is 25.7 Å². The maximum Gasteiger partial charge on any atom is 0.342 e. The number of esters is 1. The number of hydrogen-bond acceptors (Lipinski definition) is 6. The van der Waals surface area contributed by atoms with Gasteiger partial charge in [-0.05, 0) is 38.3 Å². The standard InChI is InChI=1S/C20H27NO6S/c1-2-26-18-10-6-5-9-17(18)20(23)27-13-19(22)21(15-7-3-4-8-15)16-11-12-28(24,25)14-16/h5-6,9-10,15-16H,2-4,7-8,11-14H2,1H3. The molecule has 2 aliphatic rings. The van der Waals surface area contributed by atoms with Gasteiger partial charge in [0.2, 0.25) is 0 Å². The first-order chi connectivity index (χ1) is 13.4. The third-order valence-electron chi connectivity index (χ3n) is 5.34. The number of sulfone groups is 1. The molecule has 1 aromatic carbocycles. The van der Waals surface area contributed by atoms with Crippen LogP contribution in [0.4, 0.5) is 0 Å². The summed E-state index contributed by atoms with van der Waals surface area (Å²) in [5.41, 5.74) is 0.271. The van der Waals surface area contributed by atoms with Gasteiger partial charge in [-0.25, -0.2) is 13.2 Å². The second-order valence-corrected chi connectivity index (χ2v) is 9.53. The molecule has 28 heavy (non-hydrogen) atoms. The largest absolute Gasteiger partial charge is 0.493 e. The van der Waals surface area contributed by atoms with Gasteiger partial charge in [0.15, 0.2) is 16.4 Å². The Labute approximate surface area is 165 Å². The Morgan fingerprint density at radius 2 is 1.82 bits per heavy atom. The monoisotopic (exact) mass is 409 g/mol. The van der Waals surface area contributed by atoms with Crippen LogP contribution in [0.3, 0.4) is 0 Å². The summed E-state index contributed by atoms with van der Waals surface area (Å²) in [6.07, 6.45) is 4.23. The van der Waals surface area contributed by atoms with E-state index in [2.05, 4.69) is 0 Å². The minimum Gasteiger partial charge on any atom is -0.493 e. The highest BCUT2D eigenvalue weighted by molar-refractivity contribution is 7.91. The molecule has 7 nitrogen and oxygen atoms in total. The Morgan fingerprint density at radius 1 is 1.11 bits per heavy atom. The molecule has 0 radical (unpaired) electrons. The SMILES string of the molecule is CCOc1ccccc1C(=O)OCC(=O)N(C1CCCC1)C1CCS(=O)(=O)C1. The third-order valence-corrected chi connectivity index (χ3v) is 7.09. The predicted molar refractivity (Wildman–Crippen MR) is 104 cm³/mol. The molecule has 1 unspecified atom stereocenters. The lowest BCUT2D eigenvalue weighted by Gasteiger charge is -2.33. The third kappa shape index (κ3) is 4.84. The van der Waals surface area contributed by atoms with Gasteiger partial charge in [-0.15, -0.1) is 0 Å². The van der Waals surface area contributed by atoms with Crippen LogP contribution in [-0.4, -0.2) is 62.0 Å². The lowest BCUT2D eigenvalue weighted by molar-refractivity contribution is -0.139. The molecule has 154 valence electrons. The number of para-hydroxylation sites is 1. The number of carbonyl (C=O) groups excluding carboxylic acids is 2. The van der Waals surface area contributed by atoms with Crippen molar-refractivity contribution in [2.24, 2.45) is 0 Å². The Hall–Kier alpha value is -2.09. The van der Waals surface area contributed by atoms with E-state index in [4.69, 9.17) is 9.47 Å². The Morgan fingerprint density at radius 3 is 2.46 bits per heavy atom. The zero-order valence-electron chi connectivity index (χ0n) is 16.1. The summed E-state index contributed by atoms with van der Waals surface area (Å²) in [6.45, 7) is 1.84. The van der Waals surface area contributed by atoms with E-state index < -0.39 is 22.4 Å². The molecule has 1 saturated carbocycles. The van der Waals surface area contributed by atoms with Crippen LogP contribution in [0, 0.1) is 0 Å². The van der Waals surface area contributed by atoms with E-state index in [1.807, 2.05) is 6.92 Å². The van der Waals surface area contributed by atoms with Crippen LogP contribution in [0.25, 0.3) is 0 Å². The summed E-state index contributed by atoms with van der Waals surface area (Å²) in [5.74, 6) is -0.428. The van der Waals surface area contributed by atoms with Gasteiger partial charge in [0.25, 0.3) is 5.91 Å². The number of rotatable bonds is 7. The van der Waals surface area contributed by atoms with Crippen molar-refractivity contribution in [1.29, 1.82) is 0 Å². The van der Waals surface area contributed by atoms with Crippen molar-refractivity contribution in [3.8, 4) is 5.75 Å². The summed E-state index contributed by atoms with van der Waals surface area (Å²) in [7, 11) is -3.11. The zero-order chi connectivity index (χ0) is 20.1. The van der Waals surface area contributed by atoms with Crippen LogP contribution in [0.1, 0.15) is 49.4 Å². The van der Waals surface area contributed by atoms with Crippen LogP contribution < -0.4 is 4.74 Å². The number of nitrogens with zero attached hydrogens (tertiary/aromatic N) is 1. The highest BCUT2D eigenvalue weighted by Gasteiger charge is 2.39. The molecular formula is C20H27NO6S. The first-order valence-electron chi connectivity index (χ1n) is 9.82. The molecule has 1 aliphatic carbocycles. The summed E-state index contributed by atoms with van der Waals surface area (Å²) in [5, 5.41) is 0. The van der Waals surface area contributed by atoms with Crippen LogP contribution in [-0.2, 0) is 19.4 Å². The van der Waals surface area contributed by atoms with Crippen molar-refractivity contribution in [1.82, 2.24) is 4.90 Å². The molecule has 1 heterocycles. The van der Waals surface area contributed by atoms with Gasteiger partial charge in [-0.3, -0.25) is 4.79 Å². The van der Waals surface area contributed by atoms with Gasteiger partial charge >= 0.3 is 5.97 Å². The summed E-state index contributed by atoms with van der Waals surface area (Å²) >= 11 is 0. The first kappa shape index (κ1) is 20.6. The lowest BCUT2D eigenvalue weighted by Crippen LogP contribution is -2.48. The molecule has 1 saturated heterocycles. The van der Waals surface area contributed by atoms with E-state index in [0.29, 0.717) is 18.8 Å². The van der Waals surface area contributed by atoms with Crippen LogP contribution in [0.2, 0.25) is 0 Å². The number of ether oxygens (including phenoxy) is 2. The van der Waals surface area contributed by atoms with E-state index in [-0.39, 0.29) is 35.1 Å². The highest BCUT2D eigenvalue weighted by Crippen LogP contribution is 2.29. The fraction of sp³-hybridized carbons (Fsp3) is 0.600. The van der Waals surface area contributed by atoms with E-state index in [9.17, 15) is 18.0 Å². The number of hydrogen-bond donors (Lipinski definition) is 0. The van der Waals surface area contributed by atoms with E-state index in [1.54, 1.807) is 29.2 Å². The molecule has 1 atom stereocenters. The number of amides is 1. The van der Waals surface area contributed by atoms with Crippen molar-refractivity contribution in [3.63, 3.8) is 0 Å². The number of carbonyl (C=O) groups is 2. The molecule has 1 aromatic rings. The van der Waals surface area contributed by atoms with Gasteiger partial charge in [-0.1, -0.05) is 25.0 Å². The molecule has 2 fully saturated rings. The van der Waals surface area contributed by atoms with Gasteiger partial charge in [0.05, 0.1) is 18.1 Å². The molecule has 0 aromatic heterocycles. The topological polar surface area (TPSA) is 90.0 Å². The normalized spacial score (nSPS) is 21.4. The molecule has 3 rings (SSSR count). The molecule has 0 N–H and O–H groups in total. The van der Waals surface area contributed by atoms with E-state index >= 15 is 0 Å². The van der Waals surface area contributed by atoms with Crippen molar-refractivity contribution < 1.29 is 27.5 Å². The lowest BCUT2D eigenvalue weighted by atomic mass is 10.1. The summed E-state index contributed by atoms with van der Waals surface area (Å²) < 4.78 is 34.5. The maximum atomic E-state index is 12.9. The Balaban J connectivity index is 1.68.